The third-order valence-corrected chi connectivity index (χ3v) is 5.86. The fourth-order valence-electron chi connectivity index (χ4n) is 3.92. The molecule has 2 N–H and O–H groups in total. The second-order valence-corrected chi connectivity index (χ2v) is 7.84. The molecular formula is C25H24N4O4. The first-order valence-corrected chi connectivity index (χ1v) is 10.8. The molecular weight excluding hydrogens is 420 g/mol. The van der Waals surface area contributed by atoms with Gasteiger partial charge in [-0.05, 0) is 66.8 Å². The molecule has 0 unspecified atom stereocenters. The van der Waals surface area contributed by atoms with Crippen LogP contribution in [0.2, 0.25) is 0 Å². The maximum atomic E-state index is 12.6. The van der Waals surface area contributed by atoms with Crippen molar-refractivity contribution in [2.75, 3.05) is 5.32 Å². The predicted molar refractivity (Wildman–Crippen MR) is 127 cm³/mol. The summed E-state index contributed by atoms with van der Waals surface area (Å²) < 4.78 is 0.831. The summed E-state index contributed by atoms with van der Waals surface area (Å²) in [5.41, 5.74) is 3.56. The van der Waals surface area contributed by atoms with E-state index in [4.69, 9.17) is 0 Å². The van der Waals surface area contributed by atoms with Crippen LogP contribution in [-0.2, 0) is 0 Å². The van der Waals surface area contributed by atoms with Gasteiger partial charge < -0.3 is 10.5 Å². The van der Waals surface area contributed by atoms with Gasteiger partial charge in [0.2, 0.25) is 0 Å². The number of aromatic nitrogens is 2. The van der Waals surface area contributed by atoms with Crippen LogP contribution in [0.5, 0.6) is 0 Å². The van der Waals surface area contributed by atoms with Crippen LogP contribution < -0.4 is 5.32 Å². The van der Waals surface area contributed by atoms with Crippen molar-refractivity contribution in [3.05, 3.63) is 88.0 Å². The van der Waals surface area contributed by atoms with Gasteiger partial charge in [-0.1, -0.05) is 26.0 Å². The summed E-state index contributed by atoms with van der Waals surface area (Å²) in [4.78, 5) is 27.5. The molecule has 4 rings (SSSR count). The number of hydrogen-bond donors (Lipinski definition) is 2. The lowest BCUT2D eigenvalue weighted by Crippen LogP contribution is -2.12. The van der Waals surface area contributed by atoms with E-state index in [-0.39, 0.29) is 22.9 Å². The van der Waals surface area contributed by atoms with E-state index in [1.807, 2.05) is 24.3 Å². The molecule has 8 nitrogen and oxygen atoms in total. The third-order valence-electron chi connectivity index (χ3n) is 5.86. The molecule has 1 amide bonds. The number of rotatable bonds is 7. The highest BCUT2D eigenvalue weighted by atomic mass is 16.6. The Morgan fingerprint density at radius 2 is 1.73 bits per heavy atom. The highest BCUT2D eigenvalue weighted by Crippen LogP contribution is 2.27. The molecule has 4 aromatic rings. The molecule has 3 aromatic carbocycles. The number of carbonyl (C=O) groups is 1. The zero-order chi connectivity index (χ0) is 23.5. The van der Waals surface area contributed by atoms with E-state index in [0.29, 0.717) is 28.2 Å². The summed E-state index contributed by atoms with van der Waals surface area (Å²) in [6.45, 7) is 4.32. The summed E-state index contributed by atoms with van der Waals surface area (Å²) in [5.74, 6) is 0.539. The molecule has 0 atom stereocenters. The fraction of sp³-hybridized carbons (Fsp3) is 0.200. The molecule has 0 spiro atoms. The van der Waals surface area contributed by atoms with E-state index in [2.05, 4.69) is 24.1 Å². The molecule has 0 aliphatic heterocycles. The Hall–Kier alpha value is -4.20. The molecule has 1 heterocycles. The predicted octanol–water partition coefficient (Wildman–Crippen LogP) is 6.00. The molecule has 0 aliphatic carbocycles. The van der Waals surface area contributed by atoms with Gasteiger partial charge in [0.25, 0.3) is 11.6 Å². The fourth-order valence-corrected chi connectivity index (χ4v) is 3.92. The number of nitrogens with one attached hydrogen (secondary N) is 1. The Morgan fingerprint density at radius 1 is 1.06 bits per heavy atom. The largest absolute Gasteiger partial charge is 0.426 e. The Labute approximate surface area is 190 Å². The Morgan fingerprint density at radius 3 is 2.33 bits per heavy atom. The standard InChI is InChI=1S/C25H24N4O4/c1-3-16(4-2)17-5-7-19(8-6-17)25(30)26-20-11-9-18(10-12-20)24-27-22-14-13-21(29(32)33)15-23(22)28(24)31/h5-16,31H,3-4H2,1-2H3,(H,26,30). The number of anilines is 1. The SMILES string of the molecule is CCC(CC)c1ccc(C(=O)Nc2ccc(-c3nc4ccc([N+](=O)[O-])cc4n3O)cc2)cc1. The van der Waals surface area contributed by atoms with E-state index in [1.165, 1.54) is 23.8 Å². The Bertz CT molecular complexity index is 1310. The molecule has 0 saturated carbocycles. The van der Waals surface area contributed by atoms with Gasteiger partial charge in [0.1, 0.15) is 5.52 Å². The average Bonchev–Trinajstić information content (AvgIpc) is 3.16. The van der Waals surface area contributed by atoms with Crippen molar-refractivity contribution in [2.45, 2.75) is 32.6 Å². The molecule has 33 heavy (non-hydrogen) atoms. The van der Waals surface area contributed by atoms with Crippen molar-refractivity contribution < 1.29 is 14.9 Å². The van der Waals surface area contributed by atoms with E-state index in [0.717, 1.165) is 17.6 Å². The number of fused-ring (bicyclic) bond motifs is 1. The van der Waals surface area contributed by atoms with Crippen LogP contribution in [0.4, 0.5) is 11.4 Å². The van der Waals surface area contributed by atoms with Crippen molar-refractivity contribution in [1.29, 1.82) is 0 Å². The quantitative estimate of drug-likeness (QED) is 0.206. The zero-order valence-electron chi connectivity index (χ0n) is 18.4. The molecule has 1 aromatic heterocycles. The van der Waals surface area contributed by atoms with Crippen molar-refractivity contribution in [3.8, 4) is 11.4 Å². The van der Waals surface area contributed by atoms with Gasteiger partial charge in [0.15, 0.2) is 5.82 Å². The number of imidazole rings is 1. The number of nitro groups is 1. The number of nitro benzene ring substituents is 1. The summed E-state index contributed by atoms with van der Waals surface area (Å²) in [6, 6.07) is 18.7. The molecule has 0 aliphatic rings. The van der Waals surface area contributed by atoms with Gasteiger partial charge in [-0.3, -0.25) is 14.9 Å². The topological polar surface area (TPSA) is 110 Å². The first-order valence-electron chi connectivity index (χ1n) is 10.8. The van der Waals surface area contributed by atoms with Crippen LogP contribution in [0.25, 0.3) is 22.4 Å². The summed E-state index contributed by atoms with van der Waals surface area (Å²) in [6.07, 6.45) is 2.12. The Kier molecular flexibility index (Phi) is 6.08. The lowest BCUT2D eigenvalue weighted by molar-refractivity contribution is -0.384. The number of hydrogen-bond acceptors (Lipinski definition) is 5. The minimum atomic E-state index is -0.525. The first-order chi connectivity index (χ1) is 15.9. The average molecular weight is 444 g/mol. The maximum Gasteiger partial charge on any atom is 0.271 e. The second kappa shape index (κ2) is 9.12. The van der Waals surface area contributed by atoms with Crippen LogP contribution in [-0.4, -0.2) is 25.8 Å². The van der Waals surface area contributed by atoms with Gasteiger partial charge in [-0.15, -0.1) is 0 Å². The van der Waals surface area contributed by atoms with E-state index in [9.17, 15) is 20.1 Å². The molecule has 0 fully saturated rings. The Balaban J connectivity index is 1.51. The van der Waals surface area contributed by atoms with Gasteiger partial charge in [0, 0.05) is 28.9 Å². The first kappa shape index (κ1) is 22.0. The highest BCUT2D eigenvalue weighted by Gasteiger charge is 2.16. The van der Waals surface area contributed by atoms with Gasteiger partial charge in [-0.25, -0.2) is 4.98 Å². The van der Waals surface area contributed by atoms with E-state index in [1.54, 1.807) is 24.3 Å². The number of carbonyl (C=O) groups excluding carboxylic acids is 1. The van der Waals surface area contributed by atoms with Crippen LogP contribution >= 0.6 is 0 Å². The zero-order valence-corrected chi connectivity index (χ0v) is 18.4. The molecule has 0 radical (unpaired) electrons. The van der Waals surface area contributed by atoms with Crippen molar-refractivity contribution in [3.63, 3.8) is 0 Å². The second-order valence-electron chi connectivity index (χ2n) is 7.84. The van der Waals surface area contributed by atoms with Crippen molar-refractivity contribution in [2.24, 2.45) is 0 Å². The minimum absolute atomic E-state index is 0.129. The molecule has 8 heteroatoms. The lowest BCUT2D eigenvalue weighted by atomic mass is 9.93. The van der Waals surface area contributed by atoms with Gasteiger partial charge in [-0.2, -0.15) is 4.73 Å². The van der Waals surface area contributed by atoms with Gasteiger partial charge in [0.05, 0.1) is 10.4 Å². The normalized spacial score (nSPS) is 11.1. The highest BCUT2D eigenvalue weighted by molar-refractivity contribution is 6.04. The van der Waals surface area contributed by atoms with Crippen LogP contribution in [0.15, 0.2) is 66.7 Å². The summed E-state index contributed by atoms with van der Waals surface area (Å²) in [7, 11) is 0. The molecule has 0 bridgehead atoms. The van der Waals surface area contributed by atoms with Crippen molar-refractivity contribution in [1.82, 2.24) is 9.71 Å². The van der Waals surface area contributed by atoms with E-state index >= 15 is 0 Å². The van der Waals surface area contributed by atoms with E-state index < -0.39 is 4.92 Å². The minimum Gasteiger partial charge on any atom is -0.426 e. The number of non-ortho nitro benzene ring substituents is 1. The smallest absolute Gasteiger partial charge is 0.271 e. The molecule has 0 saturated heterocycles. The molecule has 168 valence electrons. The number of benzene rings is 3. The van der Waals surface area contributed by atoms with Crippen molar-refractivity contribution >= 4 is 28.3 Å². The summed E-state index contributed by atoms with van der Waals surface area (Å²) in [5, 5.41) is 24.3. The van der Waals surface area contributed by atoms with Gasteiger partial charge >= 0.3 is 0 Å². The van der Waals surface area contributed by atoms with Crippen LogP contribution in [0.3, 0.4) is 0 Å². The van der Waals surface area contributed by atoms with Crippen LogP contribution in [0.1, 0.15) is 48.5 Å². The number of amides is 1. The monoisotopic (exact) mass is 444 g/mol. The maximum absolute atomic E-state index is 12.6. The number of nitrogens with zero attached hydrogens (tertiary/aromatic N) is 3. The third kappa shape index (κ3) is 4.41. The van der Waals surface area contributed by atoms with Crippen LogP contribution in [0, 0.1) is 10.1 Å². The lowest BCUT2D eigenvalue weighted by Gasteiger charge is -2.13. The summed E-state index contributed by atoms with van der Waals surface area (Å²) >= 11 is 0.